The molecule has 0 spiro atoms. The van der Waals surface area contributed by atoms with Crippen LogP contribution in [0.2, 0.25) is 0 Å². The molecule has 0 aliphatic carbocycles. The highest BCUT2D eigenvalue weighted by molar-refractivity contribution is 7.90. The van der Waals surface area contributed by atoms with E-state index in [1.807, 2.05) is 11.6 Å². The number of carbonyl (C=O) groups is 3. The number of aryl methyl sites for hydroxylation is 1. The van der Waals surface area contributed by atoms with Gasteiger partial charge in [-0.05, 0) is 91.6 Å². The average Bonchev–Trinajstić information content (AvgIpc) is 3.41. The third kappa shape index (κ3) is 12.5. The number of nitrogens with zero attached hydrogens (tertiary/aromatic N) is 3. The van der Waals surface area contributed by atoms with Crippen molar-refractivity contribution < 1.29 is 45.4 Å². The van der Waals surface area contributed by atoms with Gasteiger partial charge >= 0.3 is 18.4 Å². The molecule has 17 heteroatoms. The molecule has 3 amide bonds. The summed E-state index contributed by atoms with van der Waals surface area (Å²) >= 11 is 0. The van der Waals surface area contributed by atoms with Crippen molar-refractivity contribution >= 4 is 34.1 Å². The van der Waals surface area contributed by atoms with Crippen LogP contribution < -0.4 is 15.4 Å². The van der Waals surface area contributed by atoms with Crippen LogP contribution in [0.4, 0.5) is 22.8 Å². The molecule has 0 bridgehead atoms. The fourth-order valence-electron chi connectivity index (χ4n) is 4.18. The fraction of sp³-hybridized carbons (Fsp3) is 0.424. The Morgan fingerprint density at radius 1 is 0.880 bits per heavy atom. The Labute approximate surface area is 288 Å². The first-order valence-corrected chi connectivity index (χ1v) is 17.0. The highest BCUT2D eigenvalue weighted by atomic mass is 32.2. The molecule has 0 aliphatic rings. The summed E-state index contributed by atoms with van der Waals surface area (Å²) in [4.78, 5) is 40.3. The van der Waals surface area contributed by atoms with Crippen LogP contribution in [0.3, 0.4) is 0 Å². The summed E-state index contributed by atoms with van der Waals surface area (Å²) in [6.07, 6.45) is -6.21. The summed E-state index contributed by atoms with van der Waals surface area (Å²) in [5, 5.41) is 8.82. The second-order valence-corrected chi connectivity index (χ2v) is 14.8. The van der Waals surface area contributed by atoms with Gasteiger partial charge in [0.1, 0.15) is 11.2 Å². The molecule has 0 unspecified atom stereocenters. The highest BCUT2D eigenvalue weighted by Gasteiger charge is 2.35. The average molecular weight is 723 g/mol. The van der Waals surface area contributed by atoms with Crippen molar-refractivity contribution in [1.82, 2.24) is 25.1 Å². The van der Waals surface area contributed by atoms with Crippen LogP contribution in [0.15, 0.2) is 64.5 Å². The third-order valence-electron chi connectivity index (χ3n) is 6.33. The van der Waals surface area contributed by atoms with Gasteiger partial charge in [-0.2, -0.15) is 18.3 Å². The zero-order valence-corrected chi connectivity index (χ0v) is 29.6. The fourth-order valence-corrected chi connectivity index (χ4v) is 5.19. The van der Waals surface area contributed by atoms with Gasteiger partial charge in [0.05, 0.1) is 16.3 Å². The molecule has 2 aromatic carbocycles. The summed E-state index contributed by atoms with van der Waals surface area (Å²) in [5.74, 6) is -1.04. The Morgan fingerprint density at radius 3 is 2.04 bits per heavy atom. The molecular weight excluding hydrogens is 681 g/mol. The number of alkyl carbamates (subject to hydrolysis) is 1. The van der Waals surface area contributed by atoms with Crippen molar-refractivity contribution in [1.29, 1.82) is 0 Å². The Morgan fingerprint density at radius 2 is 1.48 bits per heavy atom. The smallest absolute Gasteiger partial charge is 0.437 e. The number of hydrogen-bond acceptors (Lipinski definition) is 8. The number of amides is 3. The van der Waals surface area contributed by atoms with Gasteiger partial charge in [-0.15, -0.1) is 4.99 Å². The van der Waals surface area contributed by atoms with Gasteiger partial charge in [-0.3, -0.25) is 10.1 Å². The van der Waals surface area contributed by atoms with Gasteiger partial charge in [0.2, 0.25) is 11.9 Å². The molecule has 0 atom stereocenters. The van der Waals surface area contributed by atoms with Crippen molar-refractivity contribution in [3.8, 4) is 16.9 Å². The number of alkyl halides is 3. The molecule has 0 radical (unpaired) electrons. The Balaban J connectivity index is 1.61. The van der Waals surface area contributed by atoms with E-state index < -0.39 is 51.2 Å². The van der Waals surface area contributed by atoms with Gasteiger partial charge in [0, 0.05) is 18.5 Å². The van der Waals surface area contributed by atoms with Crippen LogP contribution in [0.5, 0.6) is 0 Å². The second kappa shape index (κ2) is 15.7. The van der Waals surface area contributed by atoms with E-state index in [2.05, 4.69) is 20.7 Å². The molecule has 3 N–H and O–H groups in total. The van der Waals surface area contributed by atoms with Crippen molar-refractivity contribution in [3.05, 3.63) is 65.9 Å². The summed E-state index contributed by atoms with van der Waals surface area (Å²) in [5.41, 5.74) is -1.05. The minimum atomic E-state index is -4.71. The van der Waals surface area contributed by atoms with Crippen molar-refractivity contribution in [2.24, 2.45) is 4.99 Å². The molecule has 0 aliphatic heterocycles. The molecule has 13 nitrogen and oxygen atoms in total. The lowest BCUT2D eigenvalue weighted by Gasteiger charge is -2.21. The molecule has 0 saturated carbocycles. The van der Waals surface area contributed by atoms with Gasteiger partial charge in [0.15, 0.2) is 5.69 Å². The van der Waals surface area contributed by atoms with E-state index in [0.717, 1.165) is 28.4 Å². The lowest BCUT2D eigenvalue weighted by molar-refractivity contribution is -0.141. The number of carbonyl (C=O) groups excluding carboxylic acids is 3. The van der Waals surface area contributed by atoms with Gasteiger partial charge in [0.25, 0.3) is 10.0 Å². The molecule has 0 fully saturated rings. The number of benzene rings is 2. The number of sulfonamides is 1. The monoisotopic (exact) mass is 722 g/mol. The number of aromatic nitrogens is 2. The van der Waals surface area contributed by atoms with Gasteiger partial charge in [-0.1, -0.05) is 29.8 Å². The van der Waals surface area contributed by atoms with E-state index in [0.29, 0.717) is 12.0 Å². The van der Waals surface area contributed by atoms with Crippen LogP contribution in [0, 0.1) is 6.92 Å². The highest BCUT2D eigenvalue weighted by Crippen LogP contribution is 2.33. The number of aliphatic imine (C=N–C) groups is 1. The first kappa shape index (κ1) is 39.5. The SMILES string of the molecule is Cc1ccc(-c2cc(C(F)(F)F)nn2-c2ccc(S(=O)(=O)NC(=O)CCCCN/C(=N/C(=O)OC(C)(C)C)NC(=O)OC(C)(C)C)cc2)cc1. The van der Waals surface area contributed by atoms with Crippen LogP contribution in [0.25, 0.3) is 16.9 Å². The molecule has 272 valence electrons. The van der Waals surface area contributed by atoms with E-state index in [1.165, 1.54) is 12.1 Å². The Kier molecular flexibility index (Phi) is 12.4. The van der Waals surface area contributed by atoms with Gasteiger partial charge in [-0.25, -0.2) is 27.4 Å². The number of guanidine groups is 1. The van der Waals surface area contributed by atoms with E-state index in [4.69, 9.17) is 9.47 Å². The topological polar surface area (TPSA) is 170 Å². The molecular formula is C33H41F3N6O7S. The lowest BCUT2D eigenvalue weighted by atomic mass is 10.1. The first-order chi connectivity index (χ1) is 23.0. The van der Waals surface area contributed by atoms with Crippen molar-refractivity contribution in [3.63, 3.8) is 0 Å². The molecule has 1 aromatic heterocycles. The largest absolute Gasteiger partial charge is 0.444 e. The second-order valence-electron chi connectivity index (χ2n) is 13.2. The van der Waals surface area contributed by atoms with E-state index >= 15 is 0 Å². The van der Waals surface area contributed by atoms with E-state index in [-0.39, 0.29) is 41.6 Å². The van der Waals surface area contributed by atoms with Crippen LogP contribution in [-0.4, -0.2) is 60.0 Å². The number of hydrogen-bond donors (Lipinski definition) is 3. The molecule has 3 rings (SSSR count). The maximum atomic E-state index is 13.5. The summed E-state index contributed by atoms with van der Waals surface area (Å²) < 4.78 is 79.8. The number of nitrogens with one attached hydrogen (secondary N) is 3. The summed E-state index contributed by atoms with van der Waals surface area (Å²) in [7, 11) is -4.31. The molecule has 1 heterocycles. The number of unbranched alkanes of at least 4 members (excludes halogenated alkanes) is 1. The number of halogens is 3. The molecule has 0 saturated heterocycles. The normalized spacial score (nSPS) is 12.6. The van der Waals surface area contributed by atoms with Crippen molar-refractivity contribution in [2.75, 3.05) is 6.54 Å². The van der Waals surface area contributed by atoms with Crippen LogP contribution in [-0.2, 0) is 30.5 Å². The Hall–Kier alpha value is -4.93. The lowest BCUT2D eigenvalue weighted by Crippen LogP contribution is -2.44. The number of ether oxygens (including phenoxy) is 2. The van der Waals surface area contributed by atoms with Gasteiger partial charge < -0.3 is 14.8 Å². The van der Waals surface area contributed by atoms with E-state index in [1.54, 1.807) is 65.8 Å². The van der Waals surface area contributed by atoms with Crippen molar-refractivity contribution in [2.45, 2.75) is 90.0 Å². The quantitative estimate of drug-likeness (QED) is 0.131. The first-order valence-electron chi connectivity index (χ1n) is 15.5. The minimum absolute atomic E-state index is 0.132. The van der Waals surface area contributed by atoms with E-state index in [9.17, 15) is 36.0 Å². The predicted octanol–water partition coefficient (Wildman–Crippen LogP) is 6.25. The van der Waals surface area contributed by atoms with Crippen LogP contribution >= 0.6 is 0 Å². The maximum absolute atomic E-state index is 13.5. The third-order valence-corrected chi connectivity index (χ3v) is 7.72. The predicted molar refractivity (Wildman–Crippen MR) is 179 cm³/mol. The summed E-state index contributed by atoms with van der Waals surface area (Å²) in [6, 6.07) is 12.6. The number of rotatable bonds is 9. The minimum Gasteiger partial charge on any atom is -0.444 e. The zero-order chi connectivity index (χ0) is 37.5. The molecule has 3 aromatic rings. The zero-order valence-electron chi connectivity index (χ0n) is 28.8. The standard InChI is InChI=1S/C33H41F3N6O7S/c1-21-11-13-22(14-12-21)25-20-26(33(34,35)36)40-42(25)23-15-17-24(18-16-23)50(46,47)41-27(43)10-8-9-19-37-28(38-29(44)48-31(2,3)4)39-30(45)49-32(5,6)7/h11-18,20H,8-10,19H2,1-7H3,(H,41,43)(H2,37,38,39,44,45). The van der Waals surface area contributed by atoms with Crippen LogP contribution in [0.1, 0.15) is 72.1 Å². The summed E-state index contributed by atoms with van der Waals surface area (Å²) in [6.45, 7) is 11.9. The maximum Gasteiger partial charge on any atom is 0.437 e. The Bertz CT molecular complexity index is 1810. The molecule has 50 heavy (non-hydrogen) atoms.